The zero-order valence-electron chi connectivity index (χ0n) is 9.50. The van der Waals surface area contributed by atoms with Crippen LogP contribution in [0.25, 0.3) is 6.08 Å². The number of nitrogens with two attached hydrogens (primary N) is 1. The Morgan fingerprint density at radius 1 is 1.44 bits per heavy atom. The topological polar surface area (TPSA) is 44.5 Å². The molecule has 0 aliphatic rings. The van der Waals surface area contributed by atoms with E-state index in [-0.39, 0.29) is 0 Å². The molecule has 1 aromatic rings. The van der Waals surface area contributed by atoms with Gasteiger partial charge in [0.2, 0.25) is 0 Å². The molecule has 88 valence electrons. The van der Waals surface area contributed by atoms with Gasteiger partial charge < -0.3 is 15.2 Å². The molecule has 2 N–H and O–H groups in total. The highest BCUT2D eigenvalue weighted by Crippen LogP contribution is 2.36. The second-order valence-corrected chi connectivity index (χ2v) is 3.51. The fourth-order valence-electron chi connectivity index (χ4n) is 1.35. The fourth-order valence-corrected chi connectivity index (χ4v) is 1.65. The highest BCUT2D eigenvalue weighted by molar-refractivity contribution is 6.32. The predicted octanol–water partition coefficient (Wildman–Crippen LogP) is 2.72. The van der Waals surface area contributed by atoms with Crippen molar-refractivity contribution in [2.75, 3.05) is 20.3 Å². The number of halogens is 1. The van der Waals surface area contributed by atoms with Crippen LogP contribution in [0.15, 0.2) is 18.2 Å². The SMILES string of the molecule is CCOc1cc(C=CCN)cc(Cl)c1OC. The predicted molar refractivity (Wildman–Crippen MR) is 67.3 cm³/mol. The summed E-state index contributed by atoms with van der Waals surface area (Å²) in [5.74, 6) is 1.21. The molecular weight excluding hydrogens is 226 g/mol. The summed E-state index contributed by atoms with van der Waals surface area (Å²) in [4.78, 5) is 0. The molecule has 0 spiro atoms. The Morgan fingerprint density at radius 3 is 2.75 bits per heavy atom. The molecule has 0 atom stereocenters. The lowest BCUT2D eigenvalue weighted by atomic mass is 10.2. The minimum absolute atomic E-state index is 0.494. The van der Waals surface area contributed by atoms with Crippen molar-refractivity contribution in [2.45, 2.75) is 6.92 Å². The Hall–Kier alpha value is -1.19. The first-order valence-corrected chi connectivity index (χ1v) is 5.47. The highest BCUT2D eigenvalue weighted by atomic mass is 35.5. The van der Waals surface area contributed by atoms with Crippen molar-refractivity contribution in [3.05, 3.63) is 28.8 Å². The molecule has 1 rings (SSSR count). The number of hydrogen-bond acceptors (Lipinski definition) is 3. The average Bonchev–Trinajstić information content (AvgIpc) is 2.26. The van der Waals surface area contributed by atoms with Gasteiger partial charge >= 0.3 is 0 Å². The van der Waals surface area contributed by atoms with Crippen LogP contribution in [0.2, 0.25) is 5.02 Å². The zero-order valence-corrected chi connectivity index (χ0v) is 10.3. The van der Waals surface area contributed by atoms with Gasteiger partial charge in [-0.15, -0.1) is 0 Å². The Balaban J connectivity index is 3.11. The van der Waals surface area contributed by atoms with E-state index in [1.54, 1.807) is 7.11 Å². The fraction of sp³-hybridized carbons (Fsp3) is 0.333. The van der Waals surface area contributed by atoms with Crippen molar-refractivity contribution < 1.29 is 9.47 Å². The van der Waals surface area contributed by atoms with Crippen LogP contribution in [0.5, 0.6) is 11.5 Å². The first-order valence-electron chi connectivity index (χ1n) is 5.09. The standard InChI is InChI=1S/C12H16ClNO2/c1-3-16-11-8-9(5-4-6-14)7-10(13)12(11)15-2/h4-5,7-8H,3,6,14H2,1-2H3. The molecule has 0 saturated carbocycles. The summed E-state index contributed by atoms with van der Waals surface area (Å²) < 4.78 is 10.6. The number of hydrogen-bond donors (Lipinski definition) is 1. The van der Waals surface area contributed by atoms with Crippen LogP contribution < -0.4 is 15.2 Å². The van der Waals surface area contributed by atoms with Crippen molar-refractivity contribution >= 4 is 17.7 Å². The number of methoxy groups -OCH3 is 1. The third kappa shape index (κ3) is 3.15. The van der Waals surface area contributed by atoms with Crippen molar-refractivity contribution in [3.8, 4) is 11.5 Å². The molecule has 0 aliphatic heterocycles. The maximum atomic E-state index is 6.08. The van der Waals surface area contributed by atoms with E-state index in [2.05, 4.69) is 0 Å². The number of rotatable bonds is 5. The van der Waals surface area contributed by atoms with Gasteiger partial charge in [0.15, 0.2) is 11.5 Å². The van der Waals surface area contributed by atoms with Gasteiger partial charge in [-0.3, -0.25) is 0 Å². The van der Waals surface area contributed by atoms with Crippen LogP contribution in [0.1, 0.15) is 12.5 Å². The Morgan fingerprint density at radius 2 is 2.19 bits per heavy atom. The minimum Gasteiger partial charge on any atom is -0.491 e. The monoisotopic (exact) mass is 241 g/mol. The van der Waals surface area contributed by atoms with E-state index in [1.807, 2.05) is 31.2 Å². The third-order valence-corrected chi connectivity index (χ3v) is 2.26. The molecule has 0 heterocycles. The van der Waals surface area contributed by atoms with E-state index in [4.69, 9.17) is 26.8 Å². The van der Waals surface area contributed by atoms with Crippen LogP contribution in [-0.4, -0.2) is 20.3 Å². The summed E-state index contributed by atoms with van der Waals surface area (Å²) >= 11 is 6.08. The molecule has 1 aromatic carbocycles. The summed E-state index contributed by atoms with van der Waals surface area (Å²) in [6.07, 6.45) is 3.75. The third-order valence-electron chi connectivity index (χ3n) is 1.98. The van der Waals surface area contributed by atoms with Gasteiger partial charge in [0, 0.05) is 6.54 Å². The van der Waals surface area contributed by atoms with Crippen LogP contribution in [0, 0.1) is 0 Å². The summed E-state index contributed by atoms with van der Waals surface area (Å²) in [7, 11) is 1.57. The molecule has 16 heavy (non-hydrogen) atoms. The van der Waals surface area contributed by atoms with E-state index in [0.717, 1.165) is 5.56 Å². The summed E-state index contributed by atoms with van der Waals surface area (Å²) in [5.41, 5.74) is 6.34. The van der Waals surface area contributed by atoms with Crippen LogP contribution in [0.3, 0.4) is 0 Å². The van der Waals surface area contributed by atoms with Gasteiger partial charge in [0.05, 0.1) is 18.7 Å². The van der Waals surface area contributed by atoms with Crippen molar-refractivity contribution in [1.82, 2.24) is 0 Å². The lowest BCUT2D eigenvalue weighted by Gasteiger charge is -2.11. The summed E-state index contributed by atoms with van der Waals surface area (Å²) in [6, 6.07) is 3.69. The molecule has 0 saturated heterocycles. The van der Waals surface area contributed by atoms with Gasteiger partial charge in [-0.25, -0.2) is 0 Å². The van der Waals surface area contributed by atoms with Crippen molar-refractivity contribution in [3.63, 3.8) is 0 Å². The smallest absolute Gasteiger partial charge is 0.179 e. The largest absolute Gasteiger partial charge is 0.491 e. The van der Waals surface area contributed by atoms with Crippen LogP contribution in [-0.2, 0) is 0 Å². The lowest BCUT2D eigenvalue weighted by Crippen LogP contribution is -1.97. The zero-order chi connectivity index (χ0) is 12.0. The van der Waals surface area contributed by atoms with E-state index in [9.17, 15) is 0 Å². The summed E-state index contributed by atoms with van der Waals surface area (Å²) in [6.45, 7) is 2.97. The number of ether oxygens (including phenoxy) is 2. The molecular formula is C12H16ClNO2. The summed E-state index contributed by atoms with van der Waals surface area (Å²) in [5, 5.41) is 0.533. The van der Waals surface area contributed by atoms with Gasteiger partial charge in [-0.1, -0.05) is 23.8 Å². The molecule has 0 fully saturated rings. The van der Waals surface area contributed by atoms with Crippen LogP contribution >= 0.6 is 11.6 Å². The Kier molecular flexibility index (Phi) is 5.15. The first-order chi connectivity index (χ1) is 7.72. The van der Waals surface area contributed by atoms with E-state index >= 15 is 0 Å². The van der Waals surface area contributed by atoms with Crippen LogP contribution in [0.4, 0.5) is 0 Å². The van der Waals surface area contributed by atoms with Gasteiger partial charge in [0.25, 0.3) is 0 Å². The average molecular weight is 242 g/mol. The van der Waals surface area contributed by atoms with Crippen molar-refractivity contribution in [2.24, 2.45) is 5.73 Å². The highest BCUT2D eigenvalue weighted by Gasteiger charge is 2.09. The normalized spacial score (nSPS) is 10.8. The second kappa shape index (κ2) is 6.40. The van der Waals surface area contributed by atoms with E-state index < -0.39 is 0 Å². The molecule has 0 aromatic heterocycles. The molecule has 0 amide bonds. The molecule has 0 radical (unpaired) electrons. The molecule has 0 aliphatic carbocycles. The van der Waals surface area contributed by atoms with E-state index in [0.29, 0.717) is 29.7 Å². The maximum Gasteiger partial charge on any atom is 0.179 e. The Labute approximate surface area is 101 Å². The second-order valence-electron chi connectivity index (χ2n) is 3.11. The van der Waals surface area contributed by atoms with Crippen molar-refractivity contribution in [1.29, 1.82) is 0 Å². The minimum atomic E-state index is 0.494. The maximum absolute atomic E-state index is 6.08. The van der Waals surface area contributed by atoms with Gasteiger partial charge in [-0.2, -0.15) is 0 Å². The van der Waals surface area contributed by atoms with Gasteiger partial charge in [-0.05, 0) is 24.6 Å². The molecule has 3 nitrogen and oxygen atoms in total. The molecule has 0 unspecified atom stereocenters. The molecule has 4 heteroatoms. The molecule has 0 bridgehead atoms. The number of benzene rings is 1. The van der Waals surface area contributed by atoms with Gasteiger partial charge in [0.1, 0.15) is 0 Å². The first kappa shape index (κ1) is 12.9. The Bertz CT molecular complexity index is 378. The quantitative estimate of drug-likeness (QED) is 0.862. The van der Waals surface area contributed by atoms with E-state index in [1.165, 1.54) is 0 Å². The lowest BCUT2D eigenvalue weighted by molar-refractivity contribution is 0.311.